The maximum atomic E-state index is 13.9. The van der Waals surface area contributed by atoms with Crippen LogP contribution in [0.5, 0.6) is 11.5 Å². The normalized spacial score (nSPS) is 15.3. The van der Waals surface area contributed by atoms with E-state index in [0.29, 0.717) is 36.9 Å². The van der Waals surface area contributed by atoms with Crippen molar-refractivity contribution in [3.05, 3.63) is 94.9 Å². The first-order valence-corrected chi connectivity index (χ1v) is 12.6. The van der Waals surface area contributed by atoms with Crippen molar-refractivity contribution in [2.45, 2.75) is 26.1 Å². The molecule has 0 bridgehead atoms. The lowest BCUT2D eigenvalue weighted by Gasteiger charge is -2.26. The Morgan fingerprint density at radius 2 is 1.68 bits per heavy atom. The fraction of sp³-hybridized carbons (Fsp3) is 0.207. The molecule has 2 aliphatic rings. The van der Waals surface area contributed by atoms with Gasteiger partial charge >= 0.3 is 6.03 Å². The van der Waals surface area contributed by atoms with Gasteiger partial charge in [-0.25, -0.2) is 22.9 Å². The molecule has 40 heavy (non-hydrogen) atoms. The number of nitrogens with zero attached hydrogens (tertiary/aromatic N) is 4. The highest BCUT2D eigenvalue weighted by atomic mass is 19.1. The number of ether oxygens (including phenoxy) is 1. The lowest BCUT2D eigenvalue weighted by atomic mass is 10.1. The number of hydrogen-bond acceptors (Lipinski definition) is 5. The Hall–Kier alpha value is -4.64. The first-order chi connectivity index (χ1) is 19.2. The van der Waals surface area contributed by atoms with Crippen molar-refractivity contribution in [2.24, 2.45) is 7.05 Å². The first-order valence-electron chi connectivity index (χ1n) is 12.6. The fourth-order valence-electron chi connectivity index (χ4n) is 5.08. The monoisotopic (exact) mass is 547 g/mol. The van der Waals surface area contributed by atoms with E-state index in [1.54, 1.807) is 18.3 Å². The van der Waals surface area contributed by atoms with Crippen LogP contribution in [0.15, 0.2) is 60.8 Å². The van der Waals surface area contributed by atoms with Gasteiger partial charge in [0.2, 0.25) is 5.91 Å². The van der Waals surface area contributed by atoms with Gasteiger partial charge in [-0.15, -0.1) is 0 Å². The van der Waals surface area contributed by atoms with Gasteiger partial charge in [-0.2, -0.15) is 0 Å². The summed E-state index contributed by atoms with van der Waals surface area (Å²) in [6.07, 6.45) is 1.87. The number of hydrogen-bond donors (Lipinski definition) is 1. The largest absolute Gasteiger partial charge is 0.451 e. The number of urea groups is 1. The van der Waals surface area contributed by atoms with E-state index in [9.17, 15) is 22.8 Å². The quantitative estimate of drug-likeness (QED) is 0.356. The third kappa shape index (κ3) is 4.91. The third-order valence-electron chi connectivity index (χ3n) is 7.06. The molecule has 1 N–H and O–H groups in total. The number of aromatic nitrogens is 2. The van der Waals surface area contributed by atoms with Crippen molar-refractivity contribution in [3.8, 4) is 22.9 Å². The Bertz CT molecular complexity index is 1610. The van der Waals surface area contributed by atoms with E-state index >= 15 is 0 Å². The van der Waals surface area contributed by atoms with Crippen LogP contribution < -0.4 is 15.0 Å². The second-order valence-corrected chi connectivity index (χ2v) is 9.83. The number of rotatable bonds is 6. The number of fused-ring (bicyclic) bond motifs is 1. The summed E-state index contributed by atoms with van der Waals surface area (Å²) in [6, 6.07) is 13.8. The molecular formula is C29H24F3N5O3. The minimum absolute atomic E-state index is 0.238. The maximum Gasteiger partial charge on any atom is 0.329 e. The standard InChI is InChI=1S/C29H24F3N5O3/c1-35-26(37-9-8-25(38)34-29(37)39)13-33-28(35)18-4-5-19-15-36(16-20(19)10-18)14-17-2-6-22(7-3-17)40-27-23(31)11-21(30)12-24(27)32/h2-7,10-13H,8-9,14-16H2,1H3,(H,34,38,39). The number of nitrogens with one attached hydrogen (secondary N) is 1. The lowest BCUT2D eigenvalue weighted by molar-refractivity contribution is -0.120. The zero-order chi connectivity index (χ0) is 28.0. The summed E-state index contributed by atoms with van der Waals surface area (Å²) in [5.74, 6) is -2.58. The van der Waals surface area contributed by atoms with E-state index < -0.39 is 29.2 Å². The number of imidazole rings is 1. The molecule has 1 saturated heterocycles. The molecule has 11 heteroatoms. The molecule has 8 nitrogen and oxygen atoms in total. The van der Waals surface area contributed by atoms with Gasteiger partial charge in [-0.05, 0) is 34.9 Å². The Kier molecular flexibility index (Phi) is 6.51. The van der Waals surface area contributed by atoms with E-state index in [0.717, 1.165) is 24.2 Å². The Morgan fingerprint density at radius 1 is 0.950 bits per heavy atom. The van der Waals surface area contributed by atoms with Crippen LogP contribution in [0.1, 0.15) is 23.1 Å². The van der Waals surface area contributed by atoms with E-state index in [-0.39, 0.29) is 18.1 Å². The van der Waals surface area contributed by atoms with Crippen LogP contribution in [0.3, 0.4) is 0 Å². The van der Waals surface area contributed by atoms with Crippen LogP contribution in [-0.4, -0.2) is 32.9 Å². The highest BCUT2D eigenvalue weighted by Gasteiger charge is 2.28. The second kappa shape index (κ2) is 10.2. The minimum atomic E-state index is -1.11. The van der Waals surface area contributed by atoms with E-state index in [4.69, 9.17) is 4.74 Å². The molecule has 0 atom stereocenters. The SMILES string of the molecule is Cn1c(N2CCC(=O)NC2=O)cnc1-c1ccc2c(c1)CN(Cc1ccc(Oc3c(F)cc(F)cc3F)cc1)C2. The Labute approximate surface area is 227 Å². The predicted octanol–water partition coefficient (Wildman–Crippen LogP) is 5.26. The van der Waals surface area contributed by atoms with Gasteiger partial charge in [0.15, 0.2) is 17.4 Å². The van der Waals surface area contributed by atoms with Crippen molar-refractivity contribution < 1.29 is 27.5 Å². The molecule has 1 aromatic heterocycles. The number of carbonyl (C=O) groups excluding carboxylic acids is 2. The number of anilines is 1. The van der Waals surface area contributed by atoms with Gasteiger partial charge in [-0.3, -0.25) is 19.9 Å². The highest BCUT2D eigenvalue weighted by Crippen LogP contribution is 2.32. The van der Waals surface area contributed by atoms with Crippen molar-refractivity contribution in [1.29, 1.82) is 0 Å². The van der Waals surface area contributed by atoms with Crippen molar-refractivity contribution in [1.82, 2.24) is 19.8 Å². The molecule has 0 spiro atoms. The number of carbonyl (C=O) groups is 2. The van der Waals surface area contributed by atoms with Crippen molar-refractivity contribution in [3.63, 3.8) is 0 Å². The molecule has 2 aliphatic heterocycles. The van der Waals surface area contributed by atoms with Crippen LogP contribution in [0.25, 0.3) is 11.4 Å². The predicted molar refractivity (Wildman–Crippen MR) is 140 cm³/mol. The van der Waals surface area contributed by atoms with E-state index in [2.05, 4.69) is 27.3 Å². The number of halogens is 3. The van der Waals surface area contributed by atoms with Crippen LogP contribution >= 0.6 is 0 Å². The molecule has 6 rings (SSSR count). The fourth-order valence-corrected chi connectivity index (χ4v) is 5.08. The van der Waals surface area contributed by atoms with Gasteiger partial charge in [0.25, 0.3) is 0 Å². The molecule has 3 aromatic carbocycles. The average molecular weight is 548 g/mol. The third-order valence-corrected chi connectivity index (χ3v) is 7.06. The molecule has 0 saturated carbocycles. The summed E-state index contributed by atoms with van der Waals surface area (Å²) in [7, 11) is 1.84. The second-order valence-electron chi connectivity index (χ2n) is 9.83. The average Bonchev–Trinajstić information content (AvgIpc) is 3.49. The Balaban J connectivity index is 1.12. The van der Waals surface area contributed by atoms with E-state index in [1.807, 2.05) is 29.8 Å². The van der Waals surface area contributed by atoms with Gasteiger partial charge in [0.05, 0.1) is 6.20 Å². The highest BCUT2D eigenvalue weighted by molar-refractivity contribution is 6.05. The molecule has 4 aromatic rings. The smallest absolute Gasteiger partial charge is 0.329 e. The number of benzene rings is 3. The molecule has 204 valence electrons. The molecular weight excluding hydrogens is 523 g/mol. The molecule has 1 fully saturated rings. The van der Waals surface area contributed by atoms with E-state index in [1.165, 1.54) is 16.0 Å². The lowest BCUT2D eigenvalue weighted by Crippen LogP contribution is -2.50. The van der Waals surface area contributed by atoms with Crippen LogP contribution in [0, 0.1) is 17.5 Å². The Morgan fingerprint density at radius 3 is 2.40 bits per heavy atom. The molecule has 3 amide bonds. The summed E-state index contributed by atoms with van der Waals surface area (Å²) < 4.78 is 48.1. The van der Waals surface area contributed by atoms with Crippen LogP contribution in [-0.2, 0) is 31.5 Å². The van der Waals surface area contributed by atoms with Crippen LogP contribution in [0.2, 0.25) is 0 Å². The summed E-state index contributed by atoms with van der Waals surface area (Å²) >= 11 is 0. The van der Waals surface area contributed by atoms with Gasteiger partial charge < -0.3 is 9.30 Å². The zero-order valence-electron chi connectivity index (χ0n) is 21.5. The zero-order valence-corrected chi connectivity index (χ0v) is 21.5. The summed E-state index contributed by atoms with van der Waals surface area (Å²) in [6.45, 7) is 2.43. The maximum absolute atomic E-state index is 13.9. The first kappa shape index (κ1) is 25.6. The minimum Gasteiger partial charge on any atom is -0.451 e. The molecule has 0 radical (unpaired) electrons. The molecule has 0 unspecified atom stereocenters. The van der Waals surface area contributed by atoms with Crippen molar-refractivity contribution >= 4 is 17.8 Å². The summed E-state index contributed by atoms with van der Waals surface area (Å²) in [5.41, 5.74) is 4.29. The topological polar surface area (TPSA) is 79.7 Å². The summed E-state index contributed by atoms with van der Waals surface area (Å²) in [5, 5.41) is 2.33. The van der Waals surface area contributed by atoms with Crippen molar-refractivity contribution in [2.75, 3.05) is 11.4 Å². The molecule has 3 heterocycles. The molecule has 0 aliphatic carbocycles. The van der Waals surface area contributed by atoms with Crippen LogP contribution in [0.4, 0.5) is 23.8 Å². The number of amides is 3. The summed E-state index contributed by atoms with van der Waals surface area (Å²) in [4.78, 5) is 32.1. The van der Waals surface area contributed by atoms with Gasteiger partial charge in [0.1, 0.15) is 23.2 Å². The van der Waals surface area contributed by atoms with Gasteiger partial charge in [-0.1, -0.05) is 24.3 Å². The van der Waals surface area contributed by atoms with Gasteiger partial charge in [0, 0.05) is 57.3 Å². The number of imide groups is 1.